The second kappa shape index (κ2) is 7.14. The van der Waals surface area contributed by atoms with E-state index >= 15 is 0 Å². The van der Waals surface area contributed by atoms with Crippen molar-refractivity contribution in [1.82, 2.24) is 10.8 Å². The van der Waals surface area contributed by atoms with Crippen molar-refractivity contribution >= 4 is 11.8 Å². The van der Waals surface area contributed by atoms with Gasteiger partial charge in [-0.2, -0.15) is 13.2 Å². The Bertz CT molecular complexity index is 743. The van der Waals surface area contributed by atoms with Crippen LogP contribution >= 0.6 is 0 Å². The maximum absolute atomic E-state index is 12.1. The summed E-state index contributed by atoms with van der Waals surface area (Å²) in [7, 11) is 0. The van der Waals surface area contributed by atoms with Crippen LogP contribution in [0.4, 0.5) is 13.2 Å². The molecule has 126 valence electrons. The molecule has 0 aliphatic carbocycles. The fraction of sp³-hybridized carbons (Fsp3) is 0.125. The number of hydrogen-bond donors (Lipinski definition) is 3. The van der Waals surface area contributed by atoms with Gasteiger partial charge < -0.3 is 5.32 Å². The molecule has 0 radical (unpaired) electrons. The lowest BCUT2D eigenvalue weighted by atomic mass is 10.0. The molecule has 0 spiro atoms. The molecule has 0 aliphatic heterocycles. The van der Waals surface area contributed by atoms with Gasteiger partial charge in [-0.1, -0.05) is 24.3 Å². The minimum atomic E-state index is -4.48. The highest BCUT2D eigenvalue weighted by molar-refractivity contribution is 5.96. The number of amides is 2. The molecule has 0 saturated heterocycles. The molecule has 0 aromatic heterocycles. The Balaban J connectivity index is 2.18. The van der Waals surface area contributed by atoms with Crippen molar-refractivity contribution in [2.75, 3.05) is 6.54 Å². The first kappa shape index (κ1) is 17.5. The van der Waals surface area contributed by atoms with Crippen molar-refractivity contribution in [2.45, 2.75) is 6.18 Å². The molecule has 0 bridgehead atoms. The van der Waals surface area contributed by atoms with Gasteiger partial charge in [0.15, 0.2) is 0 Å². The Hall–Kier alpha value is -2.87. The predicted octanol–water partition coefficient (Wildman–Crippen LogP) is 2.76. The molecule has 2 aromatic carbocycles. The van der Waals surface area contributed by atoms with Gasteiger partial charge in [-0.05, 0) is 35.4 Å². The Kier molecular flexibility index (Phi) is 5.20. The number of rotatable bonds is 4. The van der Waals surface area contributed by atoms with Crippen molar-refractivity contribution in [2.24, 2.45) is 0 Å². The molecule has 2 aromatic rings. The maximum atomic E-state index is 12.1. The summed E-state index contributed by atoms with van der Waals surface area (Å²) >= 11 is 0. The van der Waals surface area contributed by atoms with Crippen molar-refractivity contribution in [3.63, 3.8) is 0 Å². The average Bonchev–Trinajstić information content (AvgIpc) is 2.58. The number of hydrogen-bond acceptors (Lipinski definition) is 3. The van der Waals surface area contributed by atoms with E-state index in [-0.39, 0.29) is 11.1 Å². The lowest BCUT2D eigenvalue weighted by Gasteiger charge is -2.09. The van der Waals surface area contributed by atoms with Crippen LogP contribution in [0.25, 0.3) is 11.1 Å². The summed E-state index contributed by atoms with van der Waals surface area (Å²) in [5, 5.41) is 10.4. The zero-order chi connectivity index (χ0) is 17.7. The Morgan fingerprint density at radius 3 is 2.17 bits per heavy atom. The lowest BCUT2D eigenvalue weighted by Crippen LogP contribution is -2.33. The molecule has 0 fully saturated rings. The quantitative estimate of drug-likeness (QED) is 0.592. The molecule has 3 N–H and O–H groups in total. The van der Waals surface area contributed by atoms with Gasteiger partial charge in [0, 0.05) is 11.1 Å². The highest BCUT2D eigenvalue weighted by atomic mass is 19.4. The SMILES string of the molecule is O=C(NO)c1ccc(-c2cccc(C(=O)NCC(F)(F)F)c2)cc1. The number of alkyl halides is 3. The van der Waals surface area contributed by atoms with Crippen molar-refractivity contribution < 1.29 is 28.0 Å². The van der Waals surface area contributed by atoms with Gasteiger partial charge in [0.1, 0.15) is 6.54 Å². The molecule has 8 heteroatoms. The van der Waals surface area contributed by atoms with E-state index in [4.69, 9.17) is 5.21 Å². The minimum Gasteiger partial charge on any atom is -0.343 e. The van der Waals surface area contributed by atoms with E-state index in [0.29, 0.717) is 11.1 Å². The first-order valence-corrected chi connectivity index (χ1v) is 6.80. The third-order valence-electron chi connectivity index (χ3n) is 3.16. The summed E-state index contributed by atoms with van der Waals surface area (Å²) in [6.07, 6.45) is -4.48. The topological polar surface area (TPSA) is 78.4 Å². The molecule has 0 saturated carbocycles. The number of carbonyl (C=O) groups is 2. The second-order valence-corrected chi connectivity index (χ2v) is 4.90. The van der Waals surface area contributed by atoms with Crippen LogP contribution in [0, 0.1) is 0 Å². The largest absolute Gasteiger partial charge is 0.405 e. The zero-order valence-corrected chi connectivity index (χ0v) is 12.2. The molecule has 0 atom stereocenters. The normalized spacial score (nSPS) is 11.0. The van der Waals surface area contributed by atoms with Gasteiger partial charge in [-0.15, -0.1) is 0 Å². The minimum absolute atomic E-state index is 0.0916. The summed E-state index contributed by atoms with van der Waals surface area (Å²) in [6.45, 7) is -1.40. The van der Waals surface area contributed by atoms with Crippen molar-refractivity contribution in [1.29, 1.82) is 0 Å². The molecule has 0 aliphatic rings. The molecule has 24 heavy (non-hydrogen) atoms. The maximum Gasteiger partial charge on any atom is 0.405 e. The lowest BCUT2D eigenvalue weighted by molar-refractivity contribution is -0.123. The summed E-state index contributed by atoms with van der Waals surface area (Å²) in [5.41, 5.74) is 3.10. The first-order valence-electron chi connectivity index (χ1n) is 6.80. The number of halogens is 3. The standard InChI is InChI=1S/C16H13F3N2O3/c17-16(18,19)9-20-14(22)13-3-1-2-12(8-13)10-4-6-11(7-5-10)15(23)21-24/h1-8,24H,9H2,(H,20,22)(H,21,23). The van der Waals surface area contributed by atoms with E-state index in [1.807, 2.05) is 0 Å². The van der Waals surface area contributed by atoms with Crippen LogP contribution in [0.15, 0.2) is 48.5 Å². The van der Waals surface area contributed by atoms with Crippen LogP contribution in [0.5, 0.6) is 0 Å². The number of hydroxylamine groups is 1. The van der Waals surface area contributed by atoms with E-state index in [2.05, 4.69) is 0 Å². The third kappa shape index (κ3) is 4.56. The van der Waals surface area contributed by atoms with E-state index in [1.54, 1.807) is 29.6 Å². The molecular weight excluding hydrogens is 325 g/mol. The zero-order valence-electron chi connectivity index (χ0n) is 12.2. The van der Waals surface area contributed by atoms with E-state index in [9.17, 15) is 22.8 Å². The van der Waals surface area contributed by atoms with Crippen LogP contribution in [-0.2, 0) is 0 Å². The monoisotopic (exact) mass is 338 g/mol. The van der Waals surface area contributed by atoms with Crippen molar-refractivity contribution in [3.05, 3.63) is 59.7 Å². The molecule has 2 rings (SSSR count). The van der Waals surface area contributed by atoms with Crippen LogP contribution < -0.4 is 10.8 Å². The number of nitrogens with one attached hydrogen (secondary N) is 2. The summed E-state index contributed by atoms with van der Waals surface area (Å²) in [6, 6.07) is 12.2. The first-order chi connectivity index (χ1) is 11.3. The fourth-order valence-corrected chi connectivity index (χ4v) is 2.00. The number of benzene rings is 2. The molecular formula is C16H13F3N2O3. The smallest absolute Gasteiger partial charge is 0.343 e. The van der Waals surface area contributed by atoms with E-state index in [0.717, 1.165) is 0 Å². The summed E-state index contributed by atoms with van der Waals surface area (Å²) in [4.78, 5) is 23.0. The van der Waals surface area contributed by atoms with E-state index < -0.39 is 24.5 Å². The van der Waals surface area contributed by atoms with Gasteiger partial charge in [-0.3, -0.25) is 14.8 Å². The fourth-order valence-electron chi connectivity index (χ4n) is 2.00. The Morgan fingerprint density at radius 2 is 1.58 bits per heavy atom. The van der Waals surface area contributed by atoms with Crippen LogP contribution in [0.1, 0.15) is 20.7 Å². The molecule has 0 unspecified atom stereocenters. The number of carbonyl (C=O) groups excluding carboxylic acids is 2. The van der Waals surface area contributed by atoms with Crippen molar-refractivity contribution in [3.8, 4) is 11.1 Å². The predicted molar refractivity (Wildman–Crippen MR) is 79.5 cm³/mol. The molecule has 5 nitrogen and oxygen atoms in total. The highest BCUT2D eigenvalue weighted by Crippen LogP contribution is 2.21. The summed E-state index contributed by atoms with van der Waals surface area (Å²) < 4.78 is 36.4. The third-order valence-corrected chi connectivity index (χ3v) is 3.16. The van der Waals surface area contributed by atoms with Crippen LogP contribution in [0.2, 0.25) is 0 Å². The second-order valence-electron chi connectivity index (χ2n) is 4.90. The van der Waals surface area contributed by atoms with Gasteiger partial charge in [0.2, 0.25) is 0 Å². The van der Waals surface area contributed by atoms with Crippen LogP contribution in [0.3, 0.4) is 0 Å². The van der Waals surface area contributed by atoms with Gasteiger partial charge in [-0.25, -0.2) is 5.48 Å². The molecule has 2 amide bonds. The molecule has 0 heterocycles. The highest BCUT2D eigenvalue weighted by Gasteiger charge is 2.27. The van der Waals surface area contributed by atoms with E-state index in [1.165, 1.54) is 29.7 Å². The van der Waals surface area contributed by atoms with Crippen LogP contribution in [-0.4, -0.2) is 29.7 Å². The average molecular weight is 338 g/mol. The Morgan fingerprint density at radius 1 is 0.917 bits per heavy atom. The van der Waals surface area contributed by atoms with Gasteiger partial charge in [0.05, 0.1) is 0 Å². The van der Waals surface area contributed by atoms with Gasteiger partial charge in [0.25, 0.3) is 11.8 Å². The van der Waals surface area contributed by atoms with Gasteiger partial charge >= 0.3 is 6.18 Å². The summed E-state index contributed by atoms with van der Waals surface area (Å²) in [5.74, 6) is -1.49. The Labute approximate surface area is 135 Å².